The number of hydrogen-bond donors (Lipinski definition) is 1. The fourth-order valence-electron chi connectivity index (χ4n) is 3.07. The van der Waals surface area contributed by atoms with Gasteiger partial charge in [0.25, 0.3) is 0 Å². The molecular formula is C16H19NO4. The number of carbonyl (C=O) groups excluding carboxylic acids is 1. The van der Waals surface area contributed by atoms with Crippen molar-refractivity contribution in [1.29, 1.82) is 0 Å². The van der Waals surface area contributed by atoms with Crippen molar-refractivity contribution in [3.05, 3.63) is 29.3 Å². The van der Waals surface area contributed by atoms with Crippen LogP contribution in [-0.4, -0.2) is 34.0 Å². The fourth-order valence-corrected chi connectivity index (χ4v) is 3.07. The molecule has 2 aliphatic heterocycles. The van der Waals surface area contributed by atoms with E-state index in [4.69, 9.17) is 9.84 Å². The predicted octanol–water partition coefficient (Wildman–Crippen LogP) is 1.83. The van der Waals surface area contributed by atoms with E-state index in [1.807, 2.05) is 26.0 Å². The zero-order valence-electron chi connectivity index (χ0n) is 12.3. The number of likely N-dealkylation sites (tertiary alicyclic amines) is 1. The van der Waals surface area contributed by atoms with Crippen molar-refractivity contribution in [2.75, 3.05) is 6.54 Å². The summed E-state index contributed by atoms with van der Waals surface area (Å²) in [5.74, 6) is -0.650. The molecular weight excluding hydrogens is 270 g/mol. The largest absolute Gasteiger partial charge is 0.487 e. The smallest absolute Gasteiger partial charge is 0.308 e. The lowest BCUT2D eigenvalue weighted by atomic mass is 10.00. The Morgan fingerprint density at radius 2 is 2.24 bits per heavy atom. The van der Waals surface area contributed by atoms with E-state index >= 15 is 0 Å². The molecule has 0 radical (unpaired) electrons. The SMILES string of the molecule is CC1(C)Cc2cc(CN3C[C@H](C(=O)O)CC3=O)ccc2O1. The monoisotopic (exact) mass is 289 g/mol. The number of rotatable bonds is 3. The summed E-state index contributed by atoms with van der Waals surface area (Å²) in [5.41, 5.74) is 1.99. The molecule has 1 saturated heterocycles. The molecule has 0 bridgehead atoms. The van der Waals surface area contributed by atoms with Crippen LogP contribution in [0.3, 0.4) is 0 Å². The first-order chi connectivity index (χ1) is 9.84. The Morgan fingerprint density at radius 1 is 1.48 bits per heavy atom. The molecule has 3 rings (SSSR count). The van der Waals surface area contributed by atoms with Gasteiger partial charge in [-0.05, 0) is 31.0 Å². The molecule has 1 aromatic rings. The van der Waals surface area contributed by atoms with Crippen molar-refractivity contribution in [1.82, 2.24) is 4.90 Å². The number of amides is 1. The second-order valence-electron chi connectivity index (χ2n) is 6.49. The minimum atomic E-state index is -0.894. The summed E-state index contributed by atoms with van der Waals surface area (Å²) in [6, 6.07) is 5.95. The second-order valence-corrected chi connectivity index (χ2v) is 6.49. The highest BCUT2D eigenvalue weighted by Crippen LogP contribution is 2.35. The summed E-state index contributed by atoms with van der Waals surface area (Å²) in [5, 5.41) is 9.00. The zero-order chi connectivity index (χ0) is 15.2. The minimum absolute atomic E-state index is 0.0838. The molecule has 112 valence electrons. The maximum atomic E-state index is 11.9. The van der Waals surface area contributed by atoms with Crippen molar-refractivity contribution in [3.8, 4) is 5.75 Å². The molecule has 1 fully saturated rings. The summed E-state index contributed by atoms with van der Waals surface area (Å²) in [4.78, 5) is 24.5. The number of ether oxygens (including phenoxy) is 1. The number of carbonyl (C=O) groups is 2. The van der Waals surface area contributed by atoms with Gasteiger partial charge in [0.05, 0.1) is 5.92 Å². The number of nitrogens with zero attached hydrogens (tertiary/aromatic N) is 1. The first kappa shape index (κ1) is 13.9. The molecule has 1 atom stereocenters. The Hall–Kier alpha value is -2.04. The Bertz CT molecular complexity index is 608. The molecule has 5 heteroatoms. The van der Waals surface area contributed by atoms with E-state index in [0.29, 0.717) is 13.1 Å². The summed E-state index contributed by atoms with van der Waals surface area (Å²) in [6.45, 7) is 4.87. The standard InChI is InChI=1S/C16H19NO4/c1-16(2)7-11-5-10(3-4-13(11)21-16)8-17-9-12(15(19)20)6-14(17)18/h3-5,12H,6-9H2,1-2H3,(H,19,20)/t12-/m1/s1. The van der Waals surface area contributed by atoms with Gasteiger partial charge in [0, 0.05) is 25.9 Å². The van der Waals surface area contributed by atoms with Crippen LogP contribution < -0.4 is 4.74 Å². The molecule has 21 heavy (non-hydrogen) atoms. The third-order valence-corrected chi connectivity index (χ3v) is 4.06. The van der Waals surface area contributed by atoms with Gasteiger partial charge >= 0.3 is 5.97 Å². The van der Waals surface area contributed by atoms with Crippen LogP contribution in [0.4, 0.5) is 0 Å². The van der Waals surface area contributed by atoms with Gasteiger partial charge < -0.3 is 14.7 Å². The topological polar surface area (TPSA) is 66.8 Å². The maximum Gasteiger partial charge on any atom is 0.308 e. The van der Waals surface area contributed by atoms with Gasteiger partial charge in [0.1, 0.15) is 11.4 Å². The fraction of sp³-hybridized carbons (Fsp3) is 0.500. The number of benzene rings is 1. The lowest BCUT2D eigenvalue weighted by molar-refractivity contribution is -0.141. The molecule has 1 aromatic carbocycles. The second kappa shape index (κ2) is 4.76. The van der Waals surface area contributed by atoms with E-state index in [0.717, 1.165) is 23.3 Å². The third-order valence-electron chi connectivity index (χ3n) is 4.06. The van der Waals surface area contributed by atoms with Gasteiger partial charge in [0.15, 0.2) is 0 Å². The van der Waals surface area contributed by atoms with E-state index in [1.54, 1.807) is 4.90 Å². The third kappa shape index (κ3) is 2.73. The van der Waals surface area contributed by atoms with Crippen LogP contribution in [0.15, 0.2) is 18.2 Å². The van der Waals surface area contributed by atoms with Gasteiger partial charge in [-0.25, -0.2) is 0 Å². The molecule has 0 unspecified atom stereocenters. The van der Waals surface area contributed by atoms with Gasteiger partial charge in [-0.15, -0.1) is 0 Å². The maximum absolute atomic E-state index is 11.9. The van der Waals surface area contributed by atoms with Crippen LogP contribution in [0.5, 0.6) is 5.75 Å². The minimum Gasteiger partial charge on any atom is -0.487 e. The molecule has 5 nitrogen and oxygen atoms in total. The highest BCUT2D eigenvalue weighted by Gasteiger charge is 2.34. The van der Waals surface area contributed by atoms with Gasteiger partial charge in [-0.3, -0.25) is 9.59 Å². The van der Waals surface area contributed by atoms with E-state index in [2.05, 4.69) is 6.07 Å². The quantitative estimate of drug-likeness (QED) is 0.922. The lowest BCUT2D eigenvalue weighted by Gasteiger charge is -2.17. The van der Waals surface area contributed by atoms with Crippen molar-refractivity contribution in [3.63, 3.8) is 0 Å². The van der Waals surface area contributed by atoms with Gasteiger partial charge in [0.2, 0.25) is 5.91 Å². The highest BCUT2D eigenvalue weighted by molar-refractivity contribution is 5.86. The number of carboxylic acids is 1. The van der Waals surface area contributed by atoms with Crippen molar-refractivity contribution in [2.45, 2.75) is 38.8 Å². The summed E-state index contributed by atoms with van der Waals surface area (Å²) in [7, 11) is 0. The molecule has 0 aliphatic carbocycles. The van der Waals surface area contributed by atoms with Crippen molar-refractivity contribution < 1.29 is 19.4 Å². The van der Waals surface area contributed by atoms with Crippen LogP contribution in [0.1, 0.15) is 31.4 Å². The van der Waals surface area contributed by atoms with E-state index in [1.165, 1.54) is 0 Å². The number of fused-ring (bicyclic) bond motifs is 1. The van der Waals surface area contributed by atoms with Crippen molar-refractivity contribution in [2.24, 2.45) is 5.92 Å². The van der Waals surface area contributed by atoms with E-state index in [-0.39, 0.29) is 17.9 Å². The Morgan fingerprint density at radius 3 is 2.90 bits per heavy atom. The van der Waals surface area contributed by atoms with Crippen molar-refractivity contribution >= 4 is 11.9 Å². The predicted molar refractivity (Wildman–Crippen MR) is 76.0 cm³/mol. The zero-order valence-corrected chi connectivity index (χ0v) is 12.3. The summed E-state index contributed by atoms with van der Waals surface area (Å²) >= 11 is 0. The molecule has 0 spiro atoms. The Balaban J connectivity index is 1.73. The van der Waals surface area contributed by atoms with Crippen LogP contribution in [0.25, 0.3) is 0 Å². The van der Waals surface area contributed by atoms with E-state index in [9.17, 15) is 9.59 Å². The molecule has 1 amide bonds. The normalized spacial score (nSPS) is 23.0. The molecule has 2 aliphatic rings. The van der Waals surface area contributed by atoms with Crippen LogP contribution in [-0.2, 0) is 22.6 Å². The number of carboxylic acid groups (broad SMARTS) is 1. The van der Waals surface area contributed by atoms with Gasteiger partial charge in [-0.1, -0.05) is 12.1 Å². The average molecular weight is 289 g/mol. The first-order valence-electron chi connectivity index (χ1n) is 7.15. The van der Waals surface area contributed by atoms with Crippen LogP contribution >= 0.6 is 0 Å². The molecule has 0 saturated carbocycles. The first-order valence-corrected chi connectivity index (χ1v) is 7.15. The Labute approximate surface area is 123 Å². The molecule has 2 heterocycles. The van der Waals surface area contributed by atoms with Crippen LogP contribution in [0, 0.1) is 5.92 Å². The highest BCUT2D eigenvalue weighted by atomic mass is 16.5. The number of hydrogen-bond acceptors (Lipinski definition) is 3. The molecule has 0 aromatic heterocycles. The van der Waals surface area contributed by atoms with Gasteiger partial charge in [-0.2, -0.15) is 0 Å². The van der Waals surface area contributed by atoms with E-state index < -0.39 is 11.9 Å². The summed E-state index contributed by atoms with van der Waals surface area (Å²) < 4.78 is 5.83. The lowest BCUT2D eigenvalue weighted by Crippen LogP contribution is -2.25. The summed E-state index contributed by atoms with van der Waals surface area (Å²) in [6.07, 6.45) is 0.957. The van der Waals surface area contributed by atoms with Crippen LogP contribution in [0.2, 0.25) is 0 Å². The molecule has 1 N–H and O–H groups in total. The average Bonchev–Trinajstić information content (AvgIpc) is 2.88. The Kier molecular flexibility index (Phi) is 3.15. The number of aliphatic carboxylic acids is 1.